The van der Waals surface area contributed by atoms with Crippen molar-refractivity contribution >= 4 is 55.6 Å². The van der Waals surface area contributed by atoms with E-state index in [1.807, 2.05) is 22.9 Å². The maximum atomic E-state index is 13.1. The van der Waals surface area contributed by atoms with Gasteiger partial charge >= 0.3 is 5.63 Å². The molecule has 5 rings (SSSR count). The number of hydrogen-bond donors (Lipinski definition) is 1. The van der Waals surface area contributed by atoms with Crippen molar-refractivity contribution in [2.24, 2.45) is 7.05 Å². The van der Waals surface area contributed by atoms with Gasteiger partial charge in [-0.05, 0) is 29.1 Å². The molecule has 4 heterocycles. The van der Waals surface area contributed by atoms with Gasteiger partial charge in [0.15, 0.2) is 5.16 Å². The Morgan fingerprint density at radius 3 is 2.87 bits per heavy atom. The summed E-state index contributed by atoms with van der Waals surface area (Å²) in [5, 5.41) is 15.6. The van der Waals surface area contributed by atoms with Crippen LogP contribution in [0.2, 0.25) is 0 Å². The zero-order valence-corrected chi connectivity index (χ0v) is 18.1. The first-order valence-corrected chi connectivity index (χ1v) is 11.7. The number of thioether (sulfide) groups is 1. The van der Waals surface area contributed by atoms with E-state index in [9.17, 15) is 14.7 Å². The van der Waals surface area contributed by atoms with Crippen LogP contribution in [0.4, 0.5) is 0 Å². The SMILES string of the molecule is Cn1c(SCc2cc(=O)oc3cc(O)ccc23)nc2scc(-c3cccs3)c2c1=O. The maximum absolute atomic E-state index is 13.1. The fraction of sp³-hybridized carbons (Fsp3) is 0.0952. The predicted molar refractivity (Wildman–Crippen MR) is 122 cm³/mol. The van der Waals surface area contributed by atoms with Crippen molar-refractivity contribution in [2.45, 2.75) is 10.9 Å². The molecule has 0 spiro atoms. The standard InChI is InChI=1S/C21H14N2O4S3/c1-23-20(26)18-14(16-3-2-6-28-16)10-29-19(18)22-21(23)30-9-11-7-17(25)27-15-8-12(24)4-5-13(11)15/h2-8,10,24H,9H2,1H3. The number of fused-ring (bicyclic) bond motifs is 2. The molecule has 9 heteroatoms. The Kier molecular flexibility index (Phi) is 4.73. The van der Waals surface area contributed by atoms with Gasteiger partial charge in [0.2, 0.25) is 0 Å². The lowest BCUT2D eigenvalue weighted by Gasteiger charge is -2.09. The van der Waals surface area contributed by atoms with Crippen LogP contribution in [0.3, 0.4) is 0 Å². The second kappa shape index (κ2) is 7.42. The van der Waals surface area contributed by atoms with Crippen molar-refractivity contribution in [1.82, 2.24) is 9.55 Å². The van der Waals surface area contributed by atoms with Crippen molar-refractivity contribution in [1.29, 1.82) is 0 Å². The van der Waals surface area contributed by atoms with Crippen LogP contribution in [-0.4, -0.2) is 14.7 Å². The quantitative estimate of drug-likeness (QED) is 0.238. The first-order valence-electron chi connectivity index (χ1n) is 8.92. The third-order valence-corrected chi connectivity index (χ3v) is 7.59. The molecule has 0 saturated carbocycles. The van der Waals surface area contributed by atoms with Gasteiger partial charge in [-0.2, -0.15) is 0 Å². The third-order valence-electron chi connectivity index (χ3n) is 4.73. The lowest BCUT2D eigenvalue weighted by molar-refractivity contribution is 0.473. The van der Waals surface area contributed by atoms with Gasteiger partial charge in [-0.25, -0.2) is 9.78 Å². The minimum atomic E-state index is -0.486. The van der Waals surface area contributed by atoms with Crippen LogP contribution in [0.5, 0.6) is 5.75 Å². The number of hydrogen-bond acceptors (Lipinski definition) is 8. The Bertz CT molecular complexity index is 1510. The van der Waals surface area contributed by atoms with Crippen LogP contribution < -0.4 is 11.2 Å². The summed E-state index contributed by atoms with van der Waals surface area (Å²) in [6, 6.07) is 10.1. The predicted octanol–water partition coefficient (Wildman–Crippen LogP) is 4.83. The molecule has 4 aromatic heterocycles. The summed E-state index contributed by atoms with van der Waals surface area (Å²) in [6.45, 7) is 0. The monoisotopic (exact) mass is 454 g/mol. The highest BCUT2D eigenvalue weighted by atomic mass is 32.2. The van der Waals surface area contributed by atoms with Gasteiger partial charge in [0.05, 0.1) is 5.39 Å². The molecule has 6 nitrogen and oxygen atoms in total. The molecule has 0 aliphatic carbocycles. The molecular weight excluding hydrogens is 440 g/mol. The summed E-state index contributed by atoms with van der Waals surface area (Å²) in [5.41, 5.74) is 1.43. The number of thiophene rings is 2. The highest BCUT2D eigenvalue weighted by molar-refractivity contribution is 7.98. The average Bonchev–Trinajstić information content (AvgIpc) is 3.38. The summed E-state index contributed by atoms with van der Waals surface area (Å²) >= 11 is 4.43. The van der Waals surface area contributed by atoms with E-state index in [4.69, 9.17) is 9.40 Å². The van der Waals surface area contributed by atoms with E-state index in [1.165, 1.54) is 35.2 Å². The molecule has 0 amide bonds. The molecular formula is C21H14N2O4S3. The molecule has 0 fully saturated rings. The summed E-state index contributed by atoms with van der Waals surface area (Å²) < 4.78 is 6.73. The summed E-state index contributed by atoms with van der Waals surface area (Å²) in [4.78, 5) is 31.4. The highest BCUT2D eigenvalue weighted by Gasteiger charge is 2.17. The second-order valence-electron chi connectivity index (χ2n) is 6.63. The van der Waals surface area contributed by atoms with E-state index < -0.39 is 5.63 Å². The fourth-order valence-electron chi connectivity index (χ4n) is 3.28. The molecule has 30 heavy (non-hydrogen) atoms. The van der Waals surface area contributed by atoms with E-state index in [1.54, 1.807) is 35.1 Å². The number of phenolic OH excluding ortho intramolecular Hbond substituents is 1. The Balaban J connectivity index is 1.54. The zero-order chi connectivity index (χ0) is 20.8. The van der Waals surface area contributed by atoms with Gasteiger partial charge in [0.25, 0.3) is 5.56 Å². The van der Waals surface area contributed by atoms with Gasteiger partial charge in [0, 0.05) is 46.1 Å². The van der Waals surface area contributed by atoms with Gasteiger partial charge in [-0.1, -0.05) is 17.8 Å². The third kappa shape index (κ3) is 3.24. The minimum Gasteiger partial charge on any atom is -0.508 e. The van der Waals surface area contributed by atoms with Crippen LogP contribution in [0.1, 0.15) is 5.56 Å². The first-order chi connectivity index (χ1) is 14.5. The molecule has 0 atom stereocenters. The fourth-order valence-corrected chi connectivity index (χ4v) is 6.04. The van der Waals surface area contributed by atoms with Gasteiger partial charge in [-0.15, -0.1) is 22.7 Å². The summed E-state index contributed by atoms with van der Waals surface area (Å²) in [7, 11) is 1.71. The topological polar surface area (TPSA) is 85.3 Å². The van der Waals surface area contributed by atoms with Crippen molar-refractivity contribution in [3.05, 3.63) is 73.5 Å². The number of benzene rings is 1. The van der Waals surface area contributed by atoms with Crippen molar-refractivity contribution in [3.63, 3.8) is 0 Å². The Morgan fingerprint density at radius 2 is 2.07 bits per heavy atom. The van der Waals surface area contributed by atoms with E-state index in [2.05, 4.69) is 0 Å². The smallest absolute Gasteiger partial charge is 0.336 e. The number of aromatic nitrogens is 2. The van der Waals surface area contributed by atoms with E-state index >= 15 is 0 Å². The summed E-state index contributed by atoms with van der Waals surface area (Å²) in [6.07, 6.45) is 0. The minimum absolute atomic E-state index is 0.0317. The maximum Gasteiger partial charge on any atom is 0.336 e. The van der Waals surface area contributed by atoms with Gasteiger partial charge < -0.3 is 9.52 Å². The molecule has 0 unspecified atom stereocenters. The lowest BCUT2D eigenvalue weighted by atomic mass is 10.1. The number of phenols is 1. The van der Waals surface area contributed by atoms with E-state index in [-0.39, 0.29) is 11.3 Å². The molecule has 1 N–H and O–H groups in total. The van der Waals surface area contributed by atoms with Crippen LogP contribution in [0, 0.1) is 0 Å². The molecule has 150 valence electrons. The first kappa shape index (κ1) is 19.1. The van der Waals surface area contributed by atoms with Crippen molar-refractivity contribution in [3.8, 4) is 16.2 Å². The lowest BCUT2D eigenvalue weighted by Crippen LogP contribution is -2.19. The van der Waals surface area contributed by atoms with Crippen LogP contribution in [0.15, 0.2) is 66.3 Å². The Morgan fingerprint density at radius 1 is 1.20 bits per heavy atom. The Labute approximate surface area is 182 Å². The van der Waals surface area contributed by atoms with Gasteiger partial charge in [-0.3, -0.25) is 9.36 Å². The average molecular weight is 455 g/mol. The number of aromatic hydroxyl groups is 1. The molecule has 5 aromatic rings. The molecule has 0 bridgehead atoms. The van der Waals surface area contributed by atoms with Crippen molar-refractivity contribution < 1.29 is 9.52 Å². The van der Waals surface area contributed by atoms with E-state index in [0.29, 0.717) is 26.7 Å². The van der Waals surface area contributed by atoms with Crippen LogP contribution >= 0.6 is 34.4 Å². The second-order valence-corrected chi connectivity index (χ2v) is 9.37. The highest BCUT2D eigenvalue weighted by Crippen LogP contribution is 2.35. The normalized spacial score (nSPS) is 11.5. The van der Waals surface area contributed by atoms with Crippen LogP contribution in [0.25, 0.3) is 31.6 Å². The largest absolute Gasteiger partial charge is 0.508 e. The molecule has 0 radical (unpaired) electrons. The van der Waals surface area contributed by atoms with Crippen molar-refractivity contribution in [2.75, 3.05) is 0 Å². The van der Waals surface area contributed by atoms with E-state index in [0.717, 1.165) is 21.4 Å². The molecule has 0 saturated heterocycles. The number of rotatable bonds is 4. The molecule has 0 aliphatic heterocycles. The number of nitrogens with zero attached hydrogens (tertiary/aromatic N) is 2. The molecule has 1 aromatic carbocycles. The Hall–Kier alpha value is -2.88. The van der Waals surface area contributed by atoms with Crippen LogP contribution in [-0.2, 0) is 12.8 Å². The zero-order valence-electron chi connectivity index (χ0n) is 15.6. The summed E-state index contributed by atoms with van der Waals surface area (Å²) in [5.74, 6) is 0.464. The van der Waals surface area contributed by atoms with Gasteiger partial charge in [0.1, 0.15) is 16.2 Å². The molecule has 0 aliphatic rings.